The molecule has 0 fully saturated rings. The van der Waals surface area contributed by atoms with Crippen LogP contribution in [0.5, 0.6) is 5.75 Å². The first kappa shape index (κ1) is 12.6. The Labute approximate surface area is 97.3 Å². The molecule has 0 aliphatic heterocycles. The van der Waals surface area contributed by atoms with E-state index in [0.29, 0.717) is 12.0 Å². The van der Waals surface area contributed by atoms with Crippen molar-refractivity contribution in [2.45, 2.75) is 38.5 Å². The summed E-state index contributed by atoms with van der Waals surface area (Å²) in [6.45, 7) is 3.78. The van der Waals surface area contributed by atoms with E-state index in [4.69, 9.17) is 5.11 Å². The van der Waals surface area contributed by atoms with Crippen LogP contribution in [0.2, 0.25) is 0 Å². The Bertz CT molecular complexity index is 314. The molecule has 0 aliphatic rings. The van der Waals surface area contributed by atoms with Crippen LogP contribution in [0, 0.1) is 6.92 Å². The molecule has 86 valence electrons. The predicted molar refractivity (Wildman–Crippen MR) is 65.5 cm³/mol. The van der Waals surface area contributed by atoms with Crippen LogP contribution in [0.4, 0.5) is 0 Å². The van der Waals surface area contributed by atoms with E-state index in [2.05, 4.69) is 6.92 Å². The lowest BCUT2D eigenvalue weighted by molar-refractivity contribution is 0.0979. The first-order chi connectivity index (χ1) is 7.74. The number of hydrogen-bond acceptors (Lipinski definition) is 2. The maximum Gasteiger partial charge on any atom is 0.162 e. The Balaban J connectivity index is 2.27. The van der Waals surface area contributed by atoms with E-state index in [1.165, 1.54) is 0 Å². The minimum absolute atomic E-state index is 0.162. The SMILES string of the molecule is [CH2+]CCCCCCC(=O)c1ccc(O)cc1. The molecule has 0 saturated heterocycles. The maximum absolute atomic E-state index is 11.7. The minimum Gasteiger partial charge on any atom is -0.508 e. The van der Waals surface area contributed by atoms with E-state index < -0.39 is 0 Å². The van der Waals surface area contributed by atoms with Gasteiger partial charge in [0.2, 0.25) is 0 Å². The summed E-state index contributed by atoms with van der Waals surface area (Å²) in [5, 5.41) is 9.09. The molecule has 1 aromatic carbocycles. The standard InChI is InChI=1S/C14H18O2/c1-2-3-4-5-6-7-14(16)12-8-10-13(15)11-9-12/h8-11H,1-7H2/p+1. The zero-order valence-electron chi connectivity index (χ0n) is 9.61. The Morgan fingerprint density at radius 2 is 1.69 bits per heavy atom. The molecular weight excluding hydrogens is 200 g/mol. The first-order valence-corrected chi connectivity index (χ1v) is 5.85. The summed E-state index contributed by atoms with van der Waals surface area (Å²) in [6.07, 6.45) is 5.92. The van der Waals surface area contributed by atoms with Gasteiger partial charge in [-0.2, -0.15) is 0 Å². The van der Waals surface area contributed by atoms with E-state index in [1.54, 1.807) is 24.3 Å². The molecule has 0 heterocycles. The van der Waals surface area contributed by atoms with Crippen molar-refractivity contribution in [2.75, 3.05) is 0 Å². The molecule has 1 rings (SSSR count). The van der Waals surface area contributed by atoms with Crippen LogP contribution in [0.3, 0.4) is 0 Å². The van der Waals surface area contributed by atoms with E-state index in [0.717, 1.165) is 32.1 Å². The first-order valence-electron chi connectivity index (χ1n) is 5.85. The van der Waals surface area contributed by atoms with Gasteiger partial charge in [-0.3, -0.25) is 4.79 Å². The summed E-state index contributed by atoms with van der Waals surface area (Å²) >= 11 is 0. The molecule has 0 unspecified atom stereocenters. The van der Waals surface area contributed by atoms with Crippen LogP contribution in [0.1, 0.15) is 48.9 Å². The topological polar surface area (TPSA) is 37.3 Å². The molecule has 1 aromatic rings. The van der Waals surface area contributed by atoms with Gasteiger partial charge < -0.3 is 5.11 Å². The van der Waals surface area contributed by atoms with Gasteiger partial charge in [-0.1, -0.05) is 6.42 Å². The molecule has 0 atom stereocenters. The van der Waals surface area contributed by atoms with Gasteiger partial charge in [0.1, 0.15) is 5.75 Å². The summed E-state index contributed by atoms with van der Waals surface area (Å²) < 4.78 is 0. The van der Waals surface area contributed by atoms with Gasteiger partial charge >= 0.3 is 0 Å². The zero-order valence-corrected chi connectivity index (χ0v) is 9.61. The zero-order chi connectivity index (χ0) is 11.8. The second-order valence-electron chi connectivity index (χ2n) is 3.99. The van der Waals surface area contributed by atoms with Crippen LogP contribution >= 0.6 is 0 Å². The van der Waals surface area contributed by atoms with Gasteiger partial charge in [0.25, 0.3) is 0 Å². The molecule has 0 spiro atoms. The molecular formula is C14H19O2+. The number of phenols is 1. The van der Waals surface area contributed by atoms with Gasteiger partial charge in [-0.25, -0.2) is 0 Å². The molecule has 16 heavy (non-hydrogen) atoms. The number of unbranched alkanes of at least 4 members (excludes halogenated alkanes) is 4. The van der Waals surface area contributed by atoms with Crippen LogP contribution in [-0.4, -0.2) is 10.9 Å². The van der Waals surface area contributed by atoms with Crippen molar-refractivity contribution in [1.82, 2.24) is 0 Å². The van der Waals surface area contributed by atoms with Gasteiger partial charge in [-0.15, -0.1) is 0 Å². The fourth-order valence-corrected chi connectivity index (χ4v) is 1.61. The Kier molecular flexibility index (Phi) is 5.48. The van der Waals surface area contributed by atoms with Gasteiger partial charge in [0, 0.05) is 12.0 Å². The summed E-state index contributed by atoms with van der Waals surface area (Å²) in [5.41, 5.74) is 0.690. The van der Waals surface area contributed by atoms with E-state index in [1.807, 2.05) is 0 Å². The average molecular weight is 219 g/mol. The van der Waals surface area contributed by atoms with Crippen molar-refractivity contribution in [3.8, 4) is 5.75 Å². The largest absolute Gasteiger partial charge is 0.508 e. The number of Topliss-reactive ketones (excluding diaryl/α,β-unsaturated/α-hetero) is 1. The van der Waals surface area contributed by atoms with Crippen LogP contribution in [-0.2, 0) is 0 Å². The summed E-state index contributed by atoms with van der Waals surface area (Å²) in [6, 6.07) is 6.45. The molecule has 0 bridgehead atoms. The van der Waals surface area contributed by atoms with Crippen LogP contribution in [0.15, 0.2) is 24.3 Å². The second-order valence-corrected chi connectivity index (χ2v) is 3.99. The highest BCUT2D eigenvalue weighted by atomic mass is 16.3. The van der Waals surface area contributed by atoms with Crippen molar-refractivity contribution in [2.24, 2.45) is 0 Å². The fraction of sp³-hybridized carbons (Fsp3) is 0.429. The number of benzene rings is 1. The van der Waals surface area contributed by atoms with Crippen LogP contribution in [0.25, 0.3) is 0 Å². The lowest BCUT2D eigenvalue weighted by atomic mass is 10.0. The number of phenolic OH excluding ortho intramolecular Hbond substituents is 1. The number of carbonyl (C=O) groups excluding carboxylic acids is 1. The quantitative estimate of drug-likeness (QED) is 0.431. The molecule has 2 heteroatoms. The normalized spacial score (nSPS) is 10.2. The summed E-state index contributed by atoms with van der Waals surface area (Å²) in [4.78, 5) is 11.7. The van der Waals surface area contributed by atoms with E-state index in [-0.39, 0.29) is 11.5 Å². The smallest absolute Gasteiger partial charge is 0.162 e. The Hall–Kier alpha value is -1.44. The second kappa shape index (κ2) is 6.94. The number of aromatic hydroxyl groups is 1. The van der Waals surface area contributed by atoms with Gasteiger partial charge in [0.15, 0.2) is 5.78 Å². The molecule has 0 saturated carbocycles. The highest BCUT2D eigenvalue weighted by Gasteiger charge is 2.04. The van der Waals surface area contributed by atoms with Crippen molar-refractivity contribution in [3.63, 3.8) is 0 Å². The fourth-order valence-electron chi connectivity index (χ4n) is 1.61. The molecule has 0 aliphatic carbocycles. The monoisotopic (exact) mass is 219 g/mol. The number of carbonyl (C=O) groups is 1. The van der Waals surface area contributed by atoms with E-state index >= 15 is 0 Å². The highest BCUT2D eigenvalue weighted by Crippen LogP contribution is 2.13. The number of rotatable bonds is 7. The van der Waals surface area contributed by atoms with Crippen LogP contribution < -0.4 is 0 Å². The molecule has 1 N–H and O–H groups in total. The third-order valence-electron chi connectivity index (χ3n) is 2.59. The van der Waals surface area contributed by atoms with Gasteiger partial charge in [0.05, 0.1) is 13.3 Å². The van der Waals surface area contributed by atoms with Crippen molar-refractivity contribution >= 4 is 5.78 Å². The minimum atomic E-state index is 0.162. The Morgan fingerprint density at radius 1 is 1.06 bits per heavy atom. The summed E-state index contributed by atoms with van der Waals surface area (Å²) in [7, 11) is 0. The van der Waals surface area contributed by atoms with Crippen molar-refractivity contribution in [3.05, 3.63) is 36.8 Å². The highest BCUT2D eigenvalue weighted by molar-refractivity contribution is 5.96. The third-order valence-corrected chi connectivity index (χ3v) is 2.59. The molecule has 0 radical (unpaired) electrons. The lowest BCUT2D eigenvalue weighted by Crippen LogP contribution is -1.98. The van der Waals surface area contributed by atoms with Crippen molar-refractivity contribution < 1.29 is 9.90 Å². The lowest BCUT2D eigenvalue weighted by Gasteiger charge is -2.01. The van der Waals surface area contributed by atoms with Crippen molar-refractivity contribution in [1.29, 1.82) is 0 Å². The predicted octanol–water partition coefficient (Wildman–Crippen LogP) is 3.75. The number of hydrogen-bond donors (Lipinski definition) is 1. The average Bonchev–Trinajstić information content (AvgIpc) is 2.29. The van der Waals surface area contributed by atoms with Gasteiger partial charge in [-0.05, 0) is 43.5 Å². The van der Waals surface area contributed by atoms with E-state index in [9.17, 15) is 4.79 Å². The third kappa shape index (κ3) is 4.39. The number of ketones is 1. The summed E-state index contributed by atoms with van der Waals surface area (Å²) in [5.74, 6) is 0.363. The molecule has 0 aromatic heterocycles. The molecule has 2 nitrogen and oxygen atoms in total. The Morgan fingerprint density at radius 3 is 2.31 bits per heavy atom. The maximum atomic E-state index is 11.7. The molecule has 0 amide bonds.